The van der Waals surface area contributed by atoms with Crippen LogP contribution in [0.4, 0.5) is 0 Å². The molecule has 0 aromatic carbocycles. The lowest BCUT2D eigenvalue weighted by Gasteiger charge is -2.26. The van der Waals surface area contributed by atoms with E-state index in [2.05, 4.69) is 15.2 Å². The molecule has 1 aliphatic heterocycles. The first-order valence-electron chi connectivity index (χ1n) is 6.52. The largest absolute Gasteiger partial charge is 0.494 e. The van der Waals surface area contributed by atoms with Crippen molar-refractivity contribution < 1.29 is 15.0 Å². The molecule has 0 saturated carbocycles. The van der Waals surface area contributed by atoms with Crippen molar-refractivity contribution in [3.63, 3.8) is 0 Å². The fourth-order valence-corrected chi connectivity index (χ4v) is 2.52. The summed E-state index contributed by atoms with van der Waals surface area (Å²) in [6.07, 6.45) is 0. The maximum atomic E-state index is 11.3. The van der Waals surface area contributed by atoms with Crippen molar-refractivity contribution in [2.24, 2.45) is 0 Å². The highest BCUT2D eigenvalue weighted by molar-refractivity contribution is 5.93. The van der Waals surface area contributed by atoms with Crippen LogP contribution in [0.3, 0.4) is 0 Å². The Balaban J connectivity index is 2.03. The van der Waals surface area contributed by atoms with E-state index in [1.807, 2.05) is 0 Å². The minimum absolute atomic E-state index is 0.00707. The van der Waals surface area contributed by atoms with Crippen molar-refractivity contribution in [2.75, 3.05) is 26.2 Å². The molecule has 0 amide bonds. The van der Waals surface area contributed by atoms with E-state index in [-0.39, 0.29) is 11.6 Å². The molecule has 3 heterocycles. The van der Waals surface area contributed by atoms with Crippen molar-refractivity contribution >= 4 is 11.5 Å². The van der Waals surface area contributed by atoms with Crippen LogP contribution in [-0.4, -0.2) is 56.6 Å². The molecule has 1 fully saturated rings. The fraction of sp³-hybridized carbons (Fsp3) is 0.385. The van der Waals surface area contributed by atoms with Gasteiger partial charge in [-0.15, -0.1) is 0 Å². The van der Waals surface area contributed by atoms with E-state index in [9.17, 15) is 15.0 Å². The predicted molar refractivity (Wildman–Crippen MR) is 72.0 cm³/mol. The average Bonchev–Trinajstić information content (AvgIpc) is 2.80. The Morgan fingerprint density at radius 1 is 1.35 bits per heavy atom. The van der Waals surface area contributed by atoms with Crippen molar-refractivity contribution in [1.82, 2.24) is 19.6 Å². The molecular formula is C13H16N4O3. The number of carboxylic acids is 1. The molecule has 0 bridgehead atoms. The number of rotatable bonds is 3. The Kier molecular flexibility index (Phi) is 3.29. The van der Waals surface area contributed by atoms with E-state index >= 15 is 0 Å². The monoisotopic (exact) mass is 276 g/mol. The van der Waals surface area contributed by atoms with E-state index in [1.165, 1.54) is 10.5 Å². The summed E-state index contributed by atoms with van der Waals surface area (Å²) in [5, 5.41) is 22.4. The Morgan fingerprint density at radius 2 is 2.10 bits per heavy atom. The normalized spacial score (nSPS) is 16.6. The molecule has 0 aliphatic carbocycles. The summed E-state index contributed by atoms with van der Waals surface area (Å²) in [4.78, 5) is 17.6. The number of fused-ring (bicyclic) bond motifs is 1. The van der Waals surface area contributed by atoms with Gasteiger partial charge in [-0.3, -0.25) is 9.30 Å². The molecule has 7 nitrogen and oxygen atoms in total. The molecule has 2 aromatic rings. The summed E-state index contributed by atoms with van der Waals surface area (Å²) in [5.41, 5.74) is 0.397. The van der Waals surface area contributed by atoms with Gasteiger partial charge in [0.15, 0.2) is 11.6 Å². The fourth-order valence-electron chi connectivity index (χ4n) is 2.52. The Labute approximate surface area is 115 Å². The number of hydrogen-bond donors (Lipinski definition) is 3. The Bertz CT molecular complexity index is 646. The standard InChI is InChI=1S/C13H16N4O3/c18-11-3-1-2-9-12(13(19)20)15-10(17(9)11)8-16-6-4-14-5-7-16/h1-3,14,18H,4-8H2,(H,19,20). The zero-order chi connectivity index (χ0) is 14.1. The highest BCUT2D eigenvalue weighted by atomic mass is 16.4. The number of aromatic nitrogens is 2. The quantitative estimate of drug-likeness (QED) is 0.739. The third-order valence-electron chi connectivity index (χ3n) is 3.49. The summed E-state index contributed by atoms with van der Waals surface area (Å²) in [6.45, 7) is 4.09. The number of piperazine rings is 1. The van der Waals surface area contributed by atoms with Gasteiger partial charge in [-0.1, -0.05) is 6.07 Å². The molecule has 0 radical (unpaired) electrons. The number of nitrogens with zero attached hydrogens (tertiary/aromatic N) is 3. The molecule has 20 heavy (non-hydrogen) atoms. The molecule has 0 unspecified atom stereocenters. The SMILES string of the molecule is O=C(O)c1nc(CN2CCNCC2)n2c(O)cccc12. The van der Waals surface area contributed by atoms with Gasteiger partial charge in [-0.2, -0.15) is 0 Å². The molecule has 7 heteroatoms. The number of nitrogens with one attached hydrogen (secondary N) is 1. The van der Waals surface area contributed by atoms with Crippen molar-refractivity contribution in [3.8, 4) is 5.88 Å². The maximum absolute atomic E-state index is 11.3. The highest BCUT2D eigenvalue weighted by Gasteiger charge is 2.20. The minimum Gasteiger partial charge on any atom is -0.494 e. The smallest absolute Gasteiger partial charge is 0.356 e. The van der Waals surface area contributed by atoms with Crippen LogP contribution in [0.5, 0.6) is 5.88 Å². The van der Waals surface area contributed by atoms with E-state index in [4.69, 9.17) is 0 Å². The van der Waals surface area contributed by atoms with Crippen LogP contribution in [0.2, 0.25) is 0 Å². The highest BCUT2D eigenvalue weighted by Crippen LogP contribution is 2.21. The van der Waals surface area contributed by atoms with Crippen molar-refractivity contribution in [1.29, 1.82) is 0 Å². The van der Waals surface area contributed by atoms with Gasteiger partial charge < -0.3 is 15.5 Å². The first-order valence-corrected chi connectivity index (χ1v) is 6.52. The number of aromatic hydroxyl groups is 1. The first-order chi connectivity index (χ1) is 9.66. The predicted octanol–water partition coefficient (Wildman–Crippen LogP) is 0.143. The van der Waals surface area contributed by atoms with Crippen molar-refractivity contribution in [3.05, 3.63) is 29.7 Å². The van der Waals surface area contributed by atoms with Gasteiger partial charge in [0.25, 0.3) is 0 Å². The van der Waals surface area contributed by atoms with E-state index in [0.29, 0.717) is 17.9 Å². The van der Waals surface area contributed by atoms with Gasteiger partial charge in [-0.25, -0.2) is 9.78 Å². The molecule has 1 saturated heterocycles. The van der Waals surface area contributed by atoms with Gasteiger partial charge in [0.1, 0.15) is 5.82 Å². The zero-order valence-electron chi connectivity index (χ0n) is 10.9. The van der Waals surface area contributed by atoms with Crippen LogP contribution in [0.1, 0.15) is 16.3 Å². The number of carbonyl (C=O) groups is 1. The topological polar surface area (TPSA) is 90.1 Å². The molecular weight excluding hydrogens is 260 g/mol. The van der Waals surface area contributed by atoms with Crippen LogP contribution < -0.4 is 5.32 Å². The lowest BCUT2D eigenvalue weighted by molar-refractivity contribution is 0.0693. The maximum Gasteiger partial charge on any atom is 0.356 e. The summed E-state index contributed by atoms with van der Waals surface area (Å²) < 4.78 is 1.51. The molecule has 1 aliphatic rings. The van der Waals surface area contributed by atoms with Gasteiger partial charge in [0, 0.05) is 26.2 Å². The van der Waals surface area contributed by atoms with E-state index in [1.54, 1.807) is 12.1 Å². The number of hydrogen-bond acceptors (Lipinski definition) is 5. The van der Waals surface area contributed by atoms with Gasteiger partial charge in [0.05, 0.1) is 12.1 Å². The Hall–Kier alpha value is -2.12. The number of imidazole rings is 1. The molecule has 0 atom stereocenters. The van der Waals surface area contributed by atoms with Gasteiger partial charge >= 0.3 is 5.97 Å². The first kappa shape index (κ1) is 12.9. The minimum atomic E-state index is -1.08. The summed E-state index contributed by atoms with van der Waals surface area (Å²) in [7, 11) is 0. The second kappa shape index (κ2) is 5.10. The van der Waals surface area contributed by atoms with Gasteiger partial charge in [-0.05, 0) is 12.1 Å². The Morgan fingerprint density at radius 3 is 2.80 bits per heavy atom. The van der Waals surface area contributed by atoms with E-state index < -0.39 is 5.97 Å². The number of aromatic carboxylic acids is 1. The molecule has 2 aromatic heterocycles. The van der Waals surface area contributed by atoms with Crippen LogP contribution in [0.15, 0.2) is 18.2 Å². The third-order valence-corrected chi connectivity index (χ3v) is 3.49. The third kappa shape index (κ3) is 2.21. The lowest BCUT2D eigenvalue weighted by atomic mass is 10.3. The lowest BCUT2D eigenvalue weighted by Crippen LogP contribution is -2.43. The molecule has 0 spiro atoms. The molecule has 3 N–H and O–H groups in total. The van der Waals surface area contributed by atoms with Crippen LogP contribution in [0.25, 0.3) is 5.52 Å². The van der Waals surface area contributed by atoms with Crippen LogP contribution in [-0.2, 0) is 6.54 Å². The summed E-state index contributed by atoms with van der Waals surface area (Å²) in [6, 6.07) is 4.80. The zero-order valence-corrected chi connectivity index (χ0v) is 10.9. The van der Waals surface area contributed by atoms with Gasteiger partial charge in [0.2, 0.25) is 0 Å². The number of pyridine rings is 1. The van der Waals surface area contributed by atoms with Crippen LogP contribution >= 0.6 is 0 Å². The van der Waals surface area contributed by atoms with Crippen LogP contribution in [0, 0.1) is 0 Å². The second-order valence-electron chi connectivity index (χ2n) is 4.81. The summed E-state index contributed by atoms with van der Waals surface area (Å²) >= 11 is 0. The van der Waals surface area contributed by atoms with Crippen molar-refractivity contribution in [2.45, 2.75) is 6.54 Å². The average molecular weight is 276 g/mol. The molecule has 106 valence electrons. The second-order valence-corrected chi connectivity index (χ2v) is 4.81. The van der Waals surface area contributed by atoms with E-state index in [0.717, 1.165) is 26.2 Å². The molecule has 3 rings (SSSR count). The summed E-state index contributed by atoms with van der Waals surface area (Å²) in [5.74, 6) is -0.523. The number of carboxylic acid groups (broad SMARTS) is 1.